The number of rotatable bonds is 7. The van der Waals surface area contributed by atoms with Gasteiger partial charge in [-0.05, 0) is 16.7 Å². The largest absolute Gasteiger partial charge is 0.372 e. The lowest BCUT2D eigenvalue weighted by molar-refractivity contribution is 0.0945. The van der Waals surface area contributed by atoms with E-state index in [9.17, 15) is 4.79 Å². The van der Waals surface area contributed by atoms with Gasteiger partial charge in [-0.3, -0.25) is 9.78 Å². The van der Waals surface area contributed by atoms with E-state index in [1.807, 2.05) is 54.6 Å². The van der Waals surface area contributed by atoms with Crippen LogP contribution in [-0.4, -0.2) is 15.9 Å². The van der Waals surface area contributed by atoms with E-state index >= 15 is 0 Å². The summed E-state index contributed by atoms with van der Waals surface area (Å²) < 4.78 is 5.75. The normalized spacial score (nSPS) is 10.4. The zero-order valence-electron chi connectivity index (χ0n) is 13.8. The Labute approximate surface area is 146 Å². The quantitative estimate of drug-likeness (QED) is 0.721. The minimum Gasteiger partial charge on any atom is -0.372 e. The highest BCUT2D eigenvalue weighted by molar-refractivity contribution is 5.91. The summed E-state index contributed by atoms with van der Waals surface area (Å²) in [5.41, 5.74) is 3.54. The molecule has 126 valence electrons. The molecule has 5 nitrogen and oxygen atoms in total. The van der Waals surface area contributed by atoms with E-state index in [4.69, 9.17) is 4.74 Å². The van der Waals surface area contributed by atoms with E-state index in [0.717, 1.165) is 16.7 Å². The van der Waals surface area contributed by atoms with Crippen molar-refractivity contribution in [2.75, 3.05) is 0 Å². The maximum atomic E-state index is 12.0. The van der Waals surface area contributed by atoms with Crippen LogP contribution in [-0.2, 0) is 24.5 Å². The van der Waals surface area contributed by atoms with Crippen molar-refractivity contribution in [3.63, 3.8) is 0 Å². The third-order valence-corrected chi connectivity index (χ3v) is 3.62. The summed E-state index contributed by atoms with van der Waals surface area (Å²) in [6.45, 7) is 1.54. The number of nitrogens with one attached hydrogen (secondary N) is 1. The predicted octanol–water partition coefficient (Wildman–Crippen LogP) is 3.12. The first kappa shape index (κ1) is 16.8. The van der Waals surface area contributed by atoms with Gasteiger partial charge in [0.25, 0.3) is 5.91 Å². The molecule has 1 N–H and O–H groups in total. The molecule has 2 aromatic carbocycles. The first-order chi connectivity index (χ1) is 12.3. The number of hydrogen-bond donors (Lipinski definition) is 1. The Kier molecular flexibility index (Phi) is 5.85. The standard InChI is InChI=1S/C20H19N3O2/c24-20(19-13-21-9-10-22-19)23-12-17-7-4-8-18(11-17)15-25-14-16-5-2-1-3-6-16/h1-11,13H,12,14-15H2,(H,23,24). The van der Waals surface area contributed by atoms with Crippen LogP contribution < -0.4 is 5.32 Å². The Morgan fingerprint density at radius 2 is 1.68 bits per heavy atom. The van der Waals surface area contributed by atoms with Crippen molar-refractivity contribution >= 4 is 5.91 Å². The summed E-state index contributed by atoms with van der Waals surface area (Å²) in [5, 5.41) is 2.84. The van der Waals surface area contributed by atoms with Crippen LogP contribution in [0.2, 0.25) is 0 Å². The molecule has 1 amide bonds. The van der Waals surface area contributed by atoms with Gasteiger partial charge in [-0.15, -0.1) is 0 Å². The molecule has 3 aromatic rings. The molecule has 0 bridgehead atoms. The number of carbonyl (C=O) groups excluding carboxylic acids is 1. The van der Waals surface area contributed by atoms with Crippen LogP contribution >= 0.6 is 0 Å². The first-order valence-electron chi connectivity index (χ1n) is 8.05. The van der Waals surface area contributed by atoms with Gasteiger partial charge in [0.2, 0.25) is 0 Å². The topological polar surface area (TPSA) is 64.1 Å². The van der Waals surface area contributed by atoms with Crippen LogP contribution in [0, 0.1) is 0 Å². The van der Waals surface area contributed by atoms with E-state index < -0.39 is 0 Å². The van der Waals surface area contributed by atoms with Gasteiger partial charge in [0, 0.05) is 18.9 Å². The molecular weight excluding hydrogens is 314 g/mol. The fourth-order valence-electron chi connectivity index (χ4n) is 2.38. The second kappa shape index (κ2) is 8.70. The average Bonchev–Trinajstić information content (AvgIpc) is 2.68. The Bertz CT molecular complexity index is 807. The molecule has 0 radical (unpaired) electrons. The van der Waals surface area contributed by atoms with Crippen LogP contribution in [0.15, 0.2) is 73.2 Å². The molecular formula is C20H19N3O2. The van der Waals surface area contributed by atoms with Gasteiger partial charge < -0.3 is 10.1 Å². The number of carbonyl (C=O) groups is 1. The lowest BCUT2D eigenvalue weighted by Crippen LogP contribution is -2.23. The summed E-state index contributed by atoms with van der Waals surface area (Å²) >= 11 is 0. The van der Waals surface area contributed by atoms with Crippen molar-refractivity contribution in [2.24, 2.45) is 0 Å². The van der Waals surface area contributed by atoms with Crippen molar-refractivity contribution in [1.29, 1.82) is 0 Å². The van der Waals surface area contributed by atoms with Crippen LogP contribution in [0.4, 0.5) is 0 Å². The van der Waals surface area contributed by atoms with Crippen LogP contribution in [0.1, 0.15) is 27.2 Å². The lowest BCUT2D eigenvalue weighted by atomic mass is 10.1. The molecule has 0 saturated carbocycles. The van der Waals surface area contributed by atoms with E-state index in [2.05, 4.69) is 15.3 Å². The number of nitrogens with zero attached hydrogens (tertiary/aromatic N) is 2. The number of amides is 1. The summed E-state index contributed by atoms with van der Waals surface area (Å²) in [4.78, 5) is 19.9. The summed E-state index contributed by atoms with van der Waals surface area (Å²) in [6.07, 6.45) is 4.48. The summed E-state index contributed by atoms with van der Waals surface area (Å²) in [7, 11) is 0. The van der Waals surface area contributed by atoms with Gasteiger partial charge >= 0.3 is 0 Å². The summed E-state index contributed by atoms with van der Waals surface area (Å²) in [6, 6.07) is 18.0. The van der Waals surface area contributed by atoms with Gasteiger partial charge in [-0.1, -0.05) is 54.6 Å². The smallest absolute Gasteiger partial charge is 0.271 e. The molecule has 1 heterocycles. The van der Waals surface area contributed by atoms with Crippen LogP contribution in [0.3, 0.4) is 0 Å². The van der Waals surface area contributed by atoms with E-state index in [1.165, 1.54) is 18.6 Å². The van der Waals surface area contributed by atoms with E-state index in [-0.39, 0.29) is 5.91 Å². The maximum absolute atomic E-state index is 12.0. The van der Waals surface area contributed by atoms with Gasteiger partial charge in [0.15, 0.2) is 0 Å². The number of ether oxygens (including phenoxy) is 1. The van der Waals surface area contributed by atoms with Crippen molar-refractivity contribution in [3.05, 3.63) is 95.6 Å². The molecule has 0 aliphatic rings. The first-order valence-corrected chi connectivity index (χ1v) is 8.05. The lowest BCUT2D eigenvalue weighted by Gasteiger charge is -2.08. The third-order valence-electron chi connectivity index (χ3n) is 3.62. The molecule has 0 aliphatic heterocycles. The van der Waals surface area contributed by atoms with E-state index in [0.29, 0.717) is 25.5 Å². The zero-order valence-corrected chi connectivity index (χ0v) is 13.8. The molecule has 1 aromatic heterocycles. The van der Waals surface area contributed by atoms with Gasteiger partial charge in [0.05, 0.1) is 19.4 Å². The van der Waals surface area contributed by atoms with Crippen LogP contribution in [0.5, 0.6) is 0 Å². The van der Waals surface area contributed by atoms with Crippen molar-refractivity contribution < 1.29 is 9.53 Å². The Hall–Kier alpha value is -3.05. The molecule has 0 unspecified atom stereocenters. The second-order valence-electron chi connectivity index (χ2n) is 5.57. The Morgan fingerprint density at radius 3 is 2.48 bits per heavy atom. The highest BCUT2D eigenvalue weighted by Crippen LogP contribution is 2.09. The molecule has 0 spiro atoms. The second-order valence-corrected chi connectivity index (χ2v) is 5.57. The molecule has 25 heavy (non-hydrogen) atoms. The molecule has 5 heteroatoms. The van der Waals surface area contributed by atoms with Gasteiger partial charge in [-0.2, -0.15) is 0 Å². The van der Waals surface area contributed by atoms with Crippen LogP contribution in [0.25, 0.3) is 0 Å². The predicted molar refractivity (Wildman–Crippen MR) is 94.6 cm³/mol. The number of benzene rings is 2. The van der Waals surface area contributed by atoms with Crippen molar-refractivity contribution in [3.8, 4) is 0 Å². The Morgan fingerprint density at radius 1 is 0.920 bits per heavy atom. The minimum absolute atomic E-state index is 0.237. The van der Waals surface area contributed by atoms with Crippen molar-refractivity contribution in [1.82, 2.24) is 15.3 Å². The minimum atomic E-state index is -0.237. The third kappa shape index (κ3) is 5.22. The number of aromatic nitrogens is 2. The molecule has 0 atom stereocenters. The van der Waals surface area contributed by atoms with Gasteiger partial charge in [-0.25, -0.2) is 4.98 Å². The highest BCUT2D eigenvalue weighted by atomic mass is 16.5. The van der Waals surface area contributed by atoms with Crippen molar-refractivity contribution in [2.45, 2.75) is 19.8 Å². The average molecular weight is 333 g/mol. The van der Waals surface area contributed by atoms with Gasteiger partial charge in [0.1, 0.15) is 5.69 Å². The SMILES string of the molecule is O=C(NCc1cccc(COCc2ccccc2)c1)c1cnccn1. The fourth-order valence-corrected chi connectivity index (χ4v) is 2.38. The number of hydrogen-bond acceptors (Lipinski definition) is 4. The zero-order chi connectivity index (χ0) is 17.3. The maximum Gasteiger partial charge on any atom is 0.271 e. The fraction of sp³-hybridized carbons (Fsp3) is 0.150. The van der Waals surface area contributed by atoms with E-state index in [1.54, 1.807) is 0 Å². The Balaban J connectivity index is 1.50. The molecule has 3 rings (SSSR count). The summed E-state index contributed by atoms with van der Waals surface area (Å²) in [5.74, 6) is -0.237. The molecule has 0 aliphatic carbocycles. The molecule has 0 fully saturated rings. The highest BCUT2D eigenvalue weighted by Gasteiger charge is 2.06. The monoisotopic (exact) mass is 333 g/mol. The molecule has 0 saturated heterocycles.